The average molecular weight is 733 g/mol. The Hall–Kier alpha value is -3.06. The summed E-state index contributed by atoms with van der Waals surface area (Å²) in [6, 6.07) is 16.4. The lowest BCUT2D eigenvalue weighted by Gasteiger charge is -2.59. The van der Waals surface area contributed by atoms with Gasteiger partial charge in [0, 0.05) is 42.7 Å². The summed E-state index contributed by atoms with van der Waals surface area (Å²) in [6.07, 6.45) is -4.92. The Morgan fingerprint density at radius 1 is 0.846 bits per heavy atom. The van der Waals surface area contributed by atoms with Gasteiger partial charge in [0.05, 0.1) is 18.8 Å². The second kappa shape index (κ2) is 12.8. The topological polar surface area (TPSA) is 100 Å². The van der Waals surface area contributed by atoms with Crippen molar-refractivity contribution in [1.29, 1.82) is 0 Å². The average Bonchev–Trinajstić information content (AvgIpc) is 3.38. The molecule has 5 aliphatic rings. The molecule has 7 nitrogen and oxygen atoms in total. The van der Waals surface area contributed by atoms with Crippen LogP contribution in [0.4, 0.5) is 26.7 Å². The zero-order chi connectivity index (χ0) is 37.4. The van der Waals surface area contributed by atoms with E-state index in [0.29, 0.717) is 51.0 Å². The molecular weight excluding hydrogens is 683 g/mol. The largest absolute Gasteiger partial charge is 0.456 e. The fraction of sp³-hybridized carbons (Fsp3) is 0.625. The normalized spacial score (nSPS) is 33.9. The summed E-state index contributed by atoms with van der Waals surface area (Å²) in [4.78, 5) is 12.5. The van der Waals surface area contributed by atoms with Crippen LogP contribution >= 0.6 is 0 Å². The first kappa shape index (κ1) is 37.3. The number of hydrogen-bond donors (Lipinski definition) is 4. The molecule has 0 aromatic heterocycles. The van der Waals surface area contributed by atoms with Crippen LogP contribution < -0.4 is 10.6 Å². The van der Waals surface area contributed by atoms with Crippen molar-refractivity contribution in [2.24, 2.45) is 22.7 Å². The van der Waals surface area contributed by atoms with Crippen LogP contribution in [0.2, 0.25) is 0 Å². The van der Waals surface area contributed by atoms with Crippen molar-refractivity contribution in [1.82, 2.24) is 10.6 Å². The SMILES string of the molecule is CC1(C)COC2(CCC3=C4C(CCC3(O)C2)C2CC[C@@](O)(C(F)(F)C(F)(F)F)[C@@]2(C)C[C@@H]4c2ccc(CNC(=O)NCc3ccccc3)cc2)OC1. The van der Waals surface area contributed by atoms with Crippen LogP contribution in [0, 0.1) is 22.7 Å². The molecule has 7 rings (SSSR count). The van der Waals surface area contributed by atoms with E-state index < -0.39 is 58.7 Å². The van der Waals surface area contributed by atoms with Crippen LogP contribution in [0.25, 0.3) is 0 Å². The minimum Gasteiger partial charge on any atom is -0.385 e. The standard InChI is InChI=1S/C40H49F5N2O5/c1-34(2)23-51-37(52-24-34)17-14-31-32-28(13-16-36(31,49)22-37)30-15-18-38(50,39(41,42)40(43,44)45)35(30,3)19-29(32)27-11-9-26(10-12-27)21-47-33(48)46-20-25-7-5-4-6-8-25/h4-12,28-30,49-50H,13-24H2,1-3H3,(H2,46,47,48)/t28?,29-,30?,35+,36?,38+/m1/s1. The van der Waals surface area contributed by atoms with Gasteiger partial charge in [0.15, 0.2) is 5.79 Å². The number of alkyl halides is 5. The number of rotatable bonds is 6. The van der Waals surface area contributed by atoms with Crippen LogP contribution in [-0.4, -0.2) is 58.5 Å². The van der Waals surface area contributed by atoms with Gasteiger partial charge in [0.2, 0.25) is 0 Å². The van der Waals surface area contributed by atoms with E-state index in [1.54, 1.807) is 0 Å². The maximum Gasteiger partial charge on any atom is 0.456 e. The molecule has 1 saturated heterocycles. The molecule has 4 N–H and O–H groups in total. The lowest BCUT2D eigenvalue weighted by Crippen LogP contribution is -2.65. The Labute approximate surface area is 301 Å². The fourth-order valence-electron chi connectivity index (χ4n) is 10.2. The smallest absolute Gasteiger partial charge is 0.385 e. The molecule has 6 atom stereocenters. The van der Waals surface area contributed by atoms with Crippen LogP contribution in [0.3, 0.4) is 0 Å². The molecule has 2 amide bonds. The van der Waals surface area contributed by atoms with Gasteiger partial charge in [-0.05, 0) is 72.6 Å². The number of amides is 2. The molecular formula is C40H49F5N2O5. The minimum atomic E-state index is -5.92. The number of nitrogens with one attached hydrogen (secondary N) is 2. The molecule has 3 saturated carbocycles. The van der Waals surface area contributed by atoms with Crippen molar-refractivity contribution >= 4 is 6.03 Å². The molecule has 2 aromatic carbocycles. The van der Waals surface area contributed by atoms with Gasteiger partial charge in [-0.3, -0.25) is 0 Å². The van der Waals surface area contributed by atoms with Gasteiger partial charge in [-0.15, -0.1) is 0 Å². The Balaban J connectivity index is 1.20. The van der Waals surface area contributed by atoms with Gasteiger partial charge in [-0.2, -0.15) is 22.0 Å². The molecule has 1 spiro atoms. The summed E-state index contributed by atoms with van der Waals surface area (Å²) in [6.45, 7) is 7.02. The van der Waals surface area contributed by atoms with Crippen molar-refractivity contribution in [3.05, 3.63) is 82.4 Å². The predicted molar refractivity (Wildman–Crippen MR) is 183 cm³/mol. The second-order valence-corrected chi connectivity index (χ2v) is 17.0. The molecule has 3 unspecified atom stereocenters. The van der Waals surface area contributed by atoms with E-state index in [1.165, 1.54) is 6.92 Å². The number of ether oxygens (including phenoxy) is 2. The number of halogens is 5. The first-order chi connectivity index (χ1) is 24.3. The van der Waals surface area contributed by atoms with Crippen molar-refractivity contribution in [3.63, 3.8) is 0 Å². The van der Waals surface area contributed by atoms with Gasteiger partial charge in [0.25, 0.3) is 0 Å². The molecule has 0 bridgehead atoms. The highest BCUT2D eigenvalue weighted by Crippen LogP contribution is 2.71. The van der Waals surface area contributed by atoms with Crippen molar-refractivity contribution in [3.8, 4) is 0 Å². The van der Waals surface area contributed by atoms with Gasteiger partial charge < -0.3 is 30.3 Å². The monoisotopic (exact) mass is 732 g/mol. The van der Waals surface area contributed by atoms with Gasteiger partial charge >= 0.3 is 18.1 Å². The van der Waals surface area contributed by atoms with E-state index in [9.17, 15) is 28.2 Å². The summed E-state index contributed by atoms with van der Waals surface area (Å²) in [5, 5.41) is 29.6. The maximum atomic E-state index is 15.4. The maximum absolute atomic E-state index is 15.4. The van der Waals surface area contributed by atoms with Crippen LogP contribution in [-0.2, 0) is 22.6 Å². The fourth-order valence-corrected chi connectivity index (χ4v) is 10.2. The number of aliphatic hydroxyl groups is 2. The Morgan fingerprint density at radius 3 is 2.08 bits per heavy atom. The third-order valence-electron chi connectivity index (χ3n) is 13.0. The lowest BCUT2D eigenvalue weighted by atomic mass is 9.49. The Kier molecular flexibility index (Phi) is 9.15. The van der Waals surface area contributed by atoms with Crippen LogP contribution in [0.1, 0.15) is 94.7 Å². The van der Waals surface area contributed by atoms with E-state index in [0.717, 1.165) is 22.3 Å². The Bertz CT molecular complexity index is 1690. The highest BCUT2D eigenvalue weighted by molar-refractivity contribution is 5.73. The third-order valence-corrected chi connectivity index (χ3v) is 13.0. The van der Waals surface area contributed by atoms with Crippen molar-refractivity contribution < 1.29 is 46.4 Å². The lowest BCUT2D eigenvalue weighted by molar-refractivity contribution is -0.362. The summed E-state index contributed by atoms with van der Waals surface area (Å²) < 4.78 is 85.5. The summed E-state index contributed by atoms with van der Waals surface area (Å²) in [5.74, 6) is -7.92. The zero-order valence-electron chi connectivity index (χ0n) is 29.9. The Morgan fingerprint density at radius 2 is 1.46 bits per heavy atom. The highest BCUT2D eigenvalue weighted by Gasteiger charge is 2.79. The molecule has 1 aliphatic heterocycles. The first-order valence-electron chi connectivity index (χ1n) is 18.4. The number of fused-ring (bicyclic) bond motifs is 4. The summed E-state index contributed by atoms with van der Waals surface area (Å²) in [5.41, 5.74) is -2.41. The van der Waals surface area contributed by atoms with E-state index >= 15 is 8.78 Å². The molecule has 4 aliphatic carbocycles. The third kappa shape index (κ3) is 6.15. The molecule has 52 heavy (non-hydrogen) atoms. The van der Waals surface area contributed by atoms with Gasteiger partial charge in [-0.1, -0.05) is 80.9 Å². The van der Waals surface area contributed by atoms with Gasteiger partial charge in [0.1, 0.15) is 5.60 Å². The second-order valence-electron chi connectivity index (χ2n) is 17.0. The number of allylic oxidation sites excluding steroid dienone is 1. The van der Waals surface area contributed by atoms with Crippen molar-refractivity contribution in [2.75, 3.05) is 13.2 Å². The molecule has 2 aromatic rings. The van der Waals surface area contributed by atoms with Crippen molar-refractivity contribution in [2.45, 2.75) is 120 Å². The minimum absolute atomic E-state index is 0.0213. The number of carbonyl (C=O) groups excluding carboxylic acids is 1. The first-order valence-corrected chi connectivity index (χ1v) is 18.4. The molecule has 4 fully saturated rings. The highest BCUT2D eigenvalue weighted by atomic mass is 19.4. The number of urea groups is 1. The van der Waals surface area contributed by atoms with Gasteiger partial charge in [-0.25, -0.2) is 4.79 Å². The van der Waals surface area contributed by atoms with Crippen LogP contribution in [0.5, 0.6) is 0 Å². The molecule has 0 radical (unpaired) electrons. The summed E-state index contributed by atoms with van der Waals surface area (Å²) >= 11 is 0. The zero-order valence-corrected chi connectivity index (χ0v) is 29.9. The van der Waals surface area contributed by atoms with E-state index in [1.807, 2.05) is 68.4 Å². The number of benzene rings is 2. The summed E-state index contributed by atoms with van der Waals surface area (Å²) in [7, 11) is 0. The molecule has 1 heterocycles. The van der Waals surface area contributed by atoms with E-state index in [2.05, 4.69) is 10.6 Å². The number of carbonyl (C=O) groups is 1. The quantitative estimate of drug-likeness (QED) is 0.179. The van der Waals surface area contributed by atoms with E-state index in [-0.39, 0.29) is 37.3 Å². The molecule has 12 heteroatoms. The van der Waals surface area contributed by atoms with Crippen LogP contribution in [0.15, 0.2) is 65.7 Å². The molecule has 284 valence electrons. The predicted octanol–water partition coefficient (Wildman–Crippen LogP) is 7.91. The number of hydrogen-bond acceptors (Lipinski definition) is 5. The van der Waals surface area contributed by atoms with E-state index in [4.69, 9.17) is 9.47 Å².